The van der Waals surface area contributed by atoms with Crippen LogP contribution in [0.1, 0.15) is 22.3 Å². The van der Waals surface area contributed by atoms with E-state index in [1.54, 1.807) is 30.3 Å². The maximum atomic E-state index is 12.7. The van der Waals surface area contributed by atoms with Gasteiger partial charge in [0.1, 0.15) is 0 Å². The van der Waals surface area contributed by atoms with Gasteiger partial charge < -0.3 is 10.1 Å². The molecule has 3 rings (SSSR count). The molecule has 5 nitrogen and oxygen atoms in total. The number of ketones is 1. The third kappa shape index (κ3) is 4.75. The Morgan fingerprint density at radius 2 is 1.64 bits per heavy atom. The molecule has 5 heteroatoms. The standard InChI is InChI=1S/C20H22N2O3/c23-19(10-11-22-12-14-25-15-13-22)21-18-9-5-4-8-17(18)20(24)16-6-2-1-3-7-16/h1-9H,10-15H2,(H,21,23). The molecule has 0 aliphatic carbocycles. The van der Waals surface area contributed by atoms with E-state index in [1.165, 1.54) is 0 Å². The fourth-order valence-corrected chi connectivity index (χ4v) is 2.83. The van der Waals surface area contributed by atoms with Crippen LogP contribution in [0.25, 0.3) is 0 Å². The molecule has 25 heavy (non-hydrogen) atoms. The molecule has 130 valence electrons. The molecule has 0 saturated carbocycles. The molecule has 0 radical (unpaired) electrons. The molecular weight excluding hydrogens is 316 g/mol. The van der Waals surface area contributed by atoms with Crippen LogP contribution in [-0.4, -0.2) is 49.4 Å². The van der Waals surface area contributed by atoms with Gasteiger partial charge in [-0.15, -0.1) is 0 Å². The number of rotatable bonds is 6. The van der Waals surface area contributed by atoms with Gasteiger partial charge >= 0.3 is 0 Å². The van der Waals surface area contributed by atoms with Crippen LogP contribution in [0.15, 0.2) is 54.6 Å². The Morgan fingerprint density at radius 3 is 2.40 bits per heavy atom. The molecule has 1 aliphatic heterocycles. The molecule has 1 saturated heterocycles. The van der Waals surface area contributed by atoms with Gasteiger partial charge in [-0.05, 0) is 12.1 Å². The summed E-state index contributed by atoms with van der Waals surface area (Å²) in [6, 6.07) is 16.2. The van der Waals surface area contributed by atoms with Gasteiger partial charge in [-0.3, -0.25) is 14.5 Å². The van der Waals surface area contributed by atoms with Crippen LogP contribution in [0.5, 0.6) is 0 Å². The van der Waals surface area contributed by atoms with Gasteiger partial charge in [0.15, 0.2) is 5.78 Å². The molecule has 0 atom stereocenters. The summed E-state index contributed by atoms with van der Waals surface area (Å²) in [4.78, 5) is 27.2. The van der Waals surface area contributed by atoms with Crippen molar-refractivity contribution in [2.75, 3.05) is 38.2 Å². The van der Waals surface area contributed by atoms with Crippen LogP contribution < -0.4 is 5.32 Å². The first-order valence-corrected chi connectivity index (χ1v) is 8.53. The molecule has 1 aliphatic rings. The maximum absolute atomic E-state index is 12.7. The van der Waals surface area contributed by atoms with E-state index in [2.05, 4.69) is 10.2 Å². The van der Waals surface area contributed by atoms with E-state index >= 15 is 0 Å². The number of ether oxygens (including phenoxy) is 1. The molecule has 2 aromatic rings. The van der Waals surface area contributed by atoms with Crippen molar-refractivity contribution in [2.24, 2.45) is 0 Å². The molecule has 1 heterocycles. The van der Waals surface area contributed by atoms with Gasteiger partial charge in [-0.2, -0.15) is 0 Å². The molecule has 0 aromatic heterocycles. The van der Waals surface area contributed by atoms with Crippen LogP contribution in [0, 0.1) is 0 Å². The zero-order valence-electron chi connectivity index (χ0n) is 14.1. The van der Waals surface area contributed by atoms with E-state index in [-0.39, 0.29) is 11.7 Å². The number of amides is 1. The molecule has 1 fully saturated rings. The molecule has 1 N–H and O–H groups in total. The fraction of sp³-hybridized carbons (Fsp3) is 0.300. The zero-order valence-corrected chi connectivity index (χ0v) is 14.1. The number of nitrogens with zero attached hydrogens (tertiary/aromatic N) is 1. The van der Waals surface area contributed by atoms with Gasteiger partial charge in [0.25, 0.3) is 0 Å². The summed E-state index contributed by atoms with van der Waals surface area (Å²) in [5.41, 5.74) is 1.68. The number of carbonyl (C=O) groups is 2. The predicted octanol–water partition coefficient (Wildman–Crippen LogP) is 2.58. The van der Waals surface area contributed by atoms with Crippen LogP contribution in [0.4, 0.5) is 5.69 Å². The minimum Gasteiger partial charge on any atom is -0.379 e. The lowest BCUT2D eigenvalue weighted by Crippen LogP contribution is -2.38. The predicted molar refractivity (Wildman–Crippen MR) is 96.8 cm³/mol. The molecule has 0 bridgehead atoms. The second-order valence-electron chi connectivity index (χ2n) is 5.99. The third-order valence-corrected chi connectivity index (χ3v) is 4.24. The Labute approximate surface area is 147 Å². The van der Waals surface area contributed by atoms with Gasteiger partial charge in [0.2, 0.25) is 5.91 Å². The van der Waals surface area contributed by atoms with E-state index < -0.39 is 0 Å². The summed E-state index contributed by atoms with van der Waals surface area (Å²) in [6.45, 7) is 3.85. The Morgan fingerprint density at radius 1 is 0.960 bits per heavy atom. The van der Waals surface area contributed by atoms with Crippen LogP contribution in [0.2, 0.25) is 0 Å². The number of anilines is 1. The van der Waals surface area contributed by atoms with Crippen molar-refractivity contribution in [1.29, 1.82) is 0 Å². The number of para-hydroxylation sites is 1. The lowest BCUT2D eigenvalue weighted by Gasteiger charge is -2.26. The van der Waals surface area contributed by atoms with Gasteiger partial charge in [0.05, 0.1) is 18.9 Å². The zero-order chi connectivity index (χ0) is 17.5. The number of nitrogens with one attached hydrogen (secondary N) is 1. The first-order chi connectivity index (χ1) is 12.2. The lowest BCUT2D eigenvalue weighted by molar-refractivity contribution is -0.116. The Hall–Kier alpha value is -2.50. The topological polar surface area (TPSA) is 58.6 Å². The van der Waals surface area contributed by atoms with Gasteiger partial charge in [0, 0.05) is 37.2 Å². The fourth-order valence-electron chi connectivity index (χ4n) is 2.83. The van der Waals surface area contributed by atoms with E-state index in [0.29, 0.717) is 29.8 Å². The first kappa shape index (κ1) is 17.3. The molecule has 0 unspecified atom stereocenters. The average Bonchev–Trinajstić information content (AvgIpc) is 2.68. The maximum Gasteiger partial charge on any atom is 0.225 e. The van der Waals surface area contributed by atoms with Crippen molar-refractivity contribution in [3.63, 3.8) is 0 Å². The Balaban J connectivity index is 1.64. The summed E-state index contributed by atoms with van der Waals surface area (Å²) >= 11 is 0. The highest BCUT2D eigenvalue weighted by Crippen LogP contribution is 2.19. The highest BCUT2D eigenvalue weighted by molar-refractivity contribution is 6.13. The average molecular weight is 338 g/mol. The minimum absolute atomic E-state index is 0.0835. The number of hydrogen-bond donors (Lipinski definition) is 1. The highest BCUT2D eigenvalue weighted by Gasteiger charge is 2.16. The second kappa shape index (κ2) is 8.55. The van der Waals surface area contributed by atoms with Crippen molar-refractivity contribution in [1.82, 2.24) is 4.90 Å². The number of carbonyl (C=O) groups excluding carboxylic acids is 2. The largest absolute Gasteiger partial charge is 0.379 e. The summed E-state index contributed by atoms with van der Waals surface area (Å²) < 4.78 is 5.31. The summed E-state index contributed by atoms with van der Waals surface area (Å²) in [6.07, 6.45) is 0.397. The number of benzene rings is 2. The normalized spacial score (nSPS) is 14.9. The molecular formula is C20H22N2O3. The monoisotopic (exact) mass is 338 g/mol. The first-order valence-electron chi connectivity index (χ1n) is 8.53. The number of hydrogen-bond acceptors (Lipinski definition) is 4. The lowest BCUT2D eigenvalue weighted by atomic mass is 10.0. The van der Waals surface area contributed by atoms with Crippen LogP contribution in [0.3, 0.4) is 0 Å². The van der Waals surface area contributed by atoms with Crippen molar-refractivity contribution >= 4 is 17.4 Å². The molecule has 1 amide bonds. The molecule has 2 aromatic carbocycles. The minimum atomic E-state index is -0.0929. The van der Waals surface area contributed by atoms with E-state index in [0.717, 1.165) is 26.3 Å². The Kier molecular flexibility index (Phi) is 5.93. The summed E-state index contributed by atoms with van der Waals surface area (Å²) in [5.74, 6) is -0.176. The smallest absolute Gasteiger partial charge is 0.225 e. The molecule has 0 spiro atoms. The highest BCUT2D eigenvalue weighted by atomic mass is 16.5. The van der Waals surface area contributed by atoms with Crippen molar-refractivity contribution < 1.29 is 14.3 Å². The van der Waals surface area contributed by atoms with E-state index in [4.69, 9.17) is 4.74 Å². The van der Waals surface area contributed by atoms with Gasteiger partial charge in [-0.1, -0.05) is 42.5 Å². The Bertz CT molecular complexity index is 725. The van der Waals surface area contributed by atoms with Crippen molar-refractivity contribution in [2.45, 2.75) is 6.42 Å². The summed E-state index contributed by atoms with van der Waals surface area (Å²) in [7, 11) is 0. The van der Waals surface area contributed by atoms with Crippen molar-refractivity contribution in [3.8, 4) is 0 Å². The quantitative estimate of drug-likeness (QED) is 0.823. The van der Waals surface area contributed by atoms with Gasteiger partial charge in [-0.25, -0.2) is 0 Å². The van der Waals surface area contributed by atoms with Crippen LogP contribution >= 0.6 is 0 Å². The van der Waals surface area contributed by atoms with E-state index in [9.17, 15) is 9.59 Å². The SMILES string of the molecule is O=C(CCN1CCOCC1)Nc1ccccc1C(=O)c1ccccc1. The van der Waals surface area contributed by atoms with Crippen LogP contribution in [-0.2, 0) is 9.53 Å². The van der Waals surface area contributed by atoms with E-state index in [1.807, 2.05) is 24.3 Å². The number of morpholine rings is 1. The van der Waals surface area contributed by atoms with Crippen molar-refractivity contribution in [3.05, 3.63) is 65.7 Å². The second-order valence-corrected chi connectivity index (χ2v) is 5.99. The summed E-state index contributed by atoms with van der Waals surface area (Å²) in [5, 5.41) is 2.88. The third-order valence-electron chi connectivity index (χ3n) is 4.24.